The zero-order chi connectivity index (χ0) is 11.1. The minimum atomic E-state index is -0.168. The quantitative estimate of drug-likeness (QED) is 0.539. The predicted octanol–water partition coefficient (Wildman–Crippen LogP) is 3.53. The van der Waals surface area contributed by atoms with Crippen LogP contribution in [0.5, 0.6) is 0 Å². The average molecular weight is 336 g/mol. The molecule has 0 N–H and O–H groups in total. The number of ether oxygens (including phenoxy) is 2. The van der Waals surface area contributed by atoms with Crippen molar-refractivity contribution >= 4 is 22.6 Å². The van der Waals surface area contributed by atoms with Crippen molar-refractivity contribution in [3.05, 3.63) is 0 Å². The summed E-state index contributed by atoms with van der Waals surface area (Å²) in [6.45, 7) is 1.62. The van der Waals surface area contributed by atoms with Crippen LogP contribution in [0.1, 0.15) is 44.9 Å². The van der Waals surface area contributed by atoms with Gasteiger partial charge in [-0.25, -0.2) is 0 Å². The summed E-state index contributed by atoms with van der Waals surface area (Å²) in [4.78, 5) is 0. The van der Waals surface area contributed by atoms with E-state index in [4.69, 9.17) is 9.47 Å². The first-order chi connectivity index (χ1) is 7.76. The van der Waals surface area contributed by atoms with Crippen LogP contribution in [0.3, 0.4) is 0 Å². The highest BCUT2D eigenvalue weighted by Gasteiger charge is 2.50. The van der Waals surface area contributed by atoms with Gasteiger partial charge in [0.15, 0.2) is 5.79 Å². The largest absolute Gasteiger partial charge is 0.348 e. The first-order valence-corrected chi connectivity index (χ1v) is 8.12. The molecule has 2 atom stereocenters. The zero-order valence-corrected chi connectivity index (χ0v) is 12.0. The van der Waals surface area contributed by atoms with E-state index in [1.165, 1.54) is 43.0 Å². The van der Waals surface area contributed by atoms with E-state index in [-0.39, 0.29) is 5.79 Å². The Balaban J connectivity index is 1.72. The first kappa shape index (κ1) is 11.7. The second-order valence-electron chi connectivity index (χ2n) is 5.90. The lowest BCUT2D eigenvalue weighted by Gasteiger charge is -2.43. The molecule has 0 aromatic rings. The minimum Gasteiger partial charge on any atom is -0.348 e. The van der Waals surface area contributed by atoms with Crippen molar-refractivity contribution in [3.63, 3.8) is 0 Å². The van der Waals surface area contributed by atoms with Gasteiger partial charge >= 0.3 is 0 Å². The molecule has 2 saturated carbocycles. The van der Waals surface area contributed by atoms with Gasteiger partial charge in [0.2, 0.25) is 0 Å². The van der Waals surface area contributed by atoms with Gasteiger partial charge in [0.1, 0.15) is 0 Å². The maximum atomic E-state index is 5.91. The maximum absolute atomic E-state index is 5.91. The van der Waals surface area contributed by atoms with Gasteiger partial charge in [-0.1, -0.05) is 22.6 Å². The van der Waals surface area contributed by atoms with Crippen LogP contribution in [-0.4, -0.2) is 23.4 Å². The highest BCUT2D eigenvalue weighted by molar-refractivity contribution is 14.1. The van der Waals surface area contributed by atoms with Crippen LogP contribution in [-0.2, 0) is 9.47 Å². The van der Waals surface area contributed by atoms with E-state index in [1.54, 1.807) is 0 Å². The van der Waals surface area contributed by atoms with Gasteiger partial charge in [-0.3, -0.25) is 0 Å². The second kappa shape index (κ2) is 4.39. The summed E-state index contributed by atoms with van der Waals surface area (Å²) in [5, 5.41) is 0. The molecular weight excluding hydrogens is 315 g/mol. The Labute approximate surface area is 112 Å². The first-order valence-electron chi connectivity index (χ1n) is 6.60. The van der Waals surface area contributed by atoms with Crippen molar-refractivity contribution in [3.8, 4) is 0 Å². The normalized spacial score (nSPS) is 42.2. The maximum Gasteiger partial charge on any atom is 0.169 e. The lowest BCUT2D eigenvalue weighted by Crippen LogP contribution is -2.41. The summed E-state index contributed by atoms with van der Waals surface area (Å²) in [6.07, 6.45) is 9.28. The summed E-state index contributed by atoms with van der Waals surface area (Å²) < 4.78 is 13.2. The van der Waals surface area contributed by atoms with E-state index in [0.29, 0.717) is 5.41 Å². The van der Waals surface area contributed by atoms with Crippen LogP contribution in [0.2, 0.25) is 0 Å². The summed E-state index contributed by atoms with van der Waals surface area (Å²) in [7, 11) is 0. The molecule has 16 heavy (non-hydrogen) atoms. The Morgan fingerprint density at radius 3 is 2.62 bits per heavy atom. The topological polar surface area (TPSA) is 18.5 Å². The summed E-state index contributed by atoms with van der Waals surface area (Å²) in [5.74, 6) is 0.787. The number of hydrogen-bond donors (Lipinski definition) is 0. The molecule has 1 aliphatic heterocycles. The van der Waals surface area contributed by atoms with Crippen LogP contribution in [0.15, 0.2) is 0 Å². The molecule has 0 unspecified atom stereocenters. The lowest BCUT2D eigenvalue weighted by molar-refractivity contribution is -0.201. The third-order valence-electron chi connectivity index (χ3n) is 4.75. The zero-order valence-electron chi connectivity index (χ0n) is 9.84. The summed E-state index contributed by atoms with van der Waals surface area (Å²) in [5.41, 5.74) is 0.568. The molecule has 92 valence electrons. The van der Waals surface area contributed by atoms with Crippen molar-refractivity contribution < 1.29 is 9.47 Å². The van der Waals surface area contributed by atoms with Gasteiger partial charge in [0.05, 0.1) is 13.2 Å². The number of alkyl halides is 1. The molecule has 3 fully saturated rings. The third kappa shape index (κ3) is 2.03. The Bertz CT molecular complexity index is 263. The van der Waals surface area contributed by atoms with Crippen LogP contribution < -0.4 is 0 Å². The molecule has 0 aromatic heterocycles. The van der Waals surface area contributed by atoms with Crippen molar-refractivity contribution in [2.75, 3.05) is 17.6 Å². The highest BCUT2D eigenvalue weighted by Crippen LogP contribution is 2.55. The molecule has 0 bridgehead atoms. The van der Waals surface area contributed by atoms with Crippen molar-refractivity contribution in [2.24, 2.45) is 11.3 Å². The van der Waals surface area contributed by atoms with Gasteiger partial charge < -0.3 is 9.47 Å². The van der Waals surface area contributed by atoms with E-state index in [9.17, 15) is 0 Å². The molecular formula is C13H21IO2. The van der Waals surface area contributed by atoms with E-state index < -0.39 is 0 Å². The van der Waals surface area contributed by atoms with Crippen LogP contribution in [0, 0.1) is 11.3 Å². The van der Waals surface area contributed by atoms with Gasteiger partial charge in [0, 0.05) is 17.3 Å². The lowest BCUT2D eigenvalue weighted by atomic mass is 9.70. The Kier molecular flexibility index (Phi) is 3.22. The van der Waals surface area contributed by atoms with E-state index in [2.05, 4.69) is 22.6 Å². The van der Waals surface area contributed by atoms with Gasteiger partial charge in [-0.2, -0.15) is 0 Å². The van der Waals surface area contributed by atoms with Crippen molar-refractivity contribution in [1.82, 2.24) is 0 Å². The van der Waals surface area contributed by atoms with E-state index in [0.717, 1.165) is 25.6 Å². The smallest absolute Gasteiger partial charge is 0.169 e. The summed E-state index contributed by atoms with van der Waals surface area (Å²) in [6, 6.07) is 0. The molecule has 0 aromatic carbocycles. The van der Waals surface area contributed by atoms with E-state index >= 15 is 0 Å². The Morgan fingerprint density at radius 2 is 1.94 bits per heavy atom. The molecule has 1 heterocycles. The number of rotatable bonds is 1. The van der Waals surface area contributed by atoms with Crippen LogP contribution in [0.25, 0.3) is 0 Å². The molecule has 0 amide bonds. The van der Waals surface area contributed by atoms with Crippen molar-refractivity contribution in [1.29, 1.82) is 0 Å². The molecule has 2 aliphatic carbocycles. The fourth-order valence-corrected chi connectivity index (χ4v) is 4.82. The molecule has 3 heteroatoms. The van der Waals surface area contributed by atoms with Crippen LogP contribution >= 0.6 is 22.6 Å². The van der Waals surface area contributed by atoms with E-state index in [1.807, 2.05) is 0 Å². The number of halogens is 1. The van der Waals surface area contributed by atoms with Gasteiger partial charge in [-0.15, -0.1) is 0 Å². The molecule has 1 saturated heterocycles. The average Bonchev–Trinajstić information content (AvgIpc) is 2.87. The fraction of sp³-hybridized carbons (Fsp3) is 1.00. The standard InChI is InChI=1S/C13H21IO2/c14-9-11-2-5-12(8-11)3-1-4-13(10-12)15-6-7-16-13/h11H,1-10H2/t11-,12+/m0/s1. The molecule has 2 spiro atoms. The molecule has 0 radical (unpaired) electrons. The second-order valence-corrected chi connectivity index (χ2v) is 6.78. The Hall–Kier alpha value is 0.650. The van der Waals surface area contributed by atoms with Crippen molar-refractivity contribution in [2.45, 2.75) is 50.7 Å². The predicted molar refractivity (Wildman–Crippen MR) is 71.8 cm³/mol. The number of hydrogen-bond acceptors (Lipinski definition) is 2. The SMILES string of the molecule is IC[C@H]1CC[C@]2(CCCC3(C2)OCCO3)C1. The fourth-order valence-electron chi connectivity index (χ4n) is 4.07. The molecule has 3 rings (SSSR count). The monoisotopic (exact) mass is 336 g/mol. The molecule has 3 aliphatic rings. The highest BCUT2D eigenvalue weighted by atomic mass is 127. The molecule has 2 nitrogen and oxygen atoms in total. The Morgan fingerprint density at radius 1 is 1.12 bits per heavy atom. The van der Waals surface area contributed by atoms with Crippen LogP contribution in [0.4, 0.5) is 0 Å². The summed E-state index contributed by atoms with van der Waals surface area (Å²) >= 11 is 2.55. The third-order valence-corrected chi connectivity index (χ3v) is 5.99. The van der Waals surface area contributed by atoms with Gasteiger partial charge in [0.25, 0.3) is 0 Å². The minimum absolute atomic E-state index is 0.168. The van der Waals surface area contributed by atoms with Gasteiger partial charge in [-0.05, 0) is 43.4 Å².